The Bertz CT molecular complexity index is 170. The van der Waals surface area contributed by atoms with Gasteiger partial charge in [-0.25, -0.2) is 0 Å². The molecule has 5 nitrogen and oxygen atoms in total. The lowest BCUT2D eigenvalue weighted by atomic mass is 10.2. The van der Waals surface area contributed by atoms with Gasteiger partial charge in [0.05, 0.1) is 6.42 Å². The number of carboxylic acid groups (broad SMARTS) is 1. The van der Waals surface area contributed by atoms with E-state index in [1.165, 1.54) is 0 Å². The number of nitrogens with one attached hydrogen (secondary N) is 1. The molecule has 0 aromatic carbocycles. The third-order valence-corrected chi connectivity index (χ3v) is 1.34. The van der Waals surface area contributed by atoms with Crippen molar-refractivity contribution in [3.05, 3.63) is 0 Å². The lowest BCUT2D eigenvalue weighted by Gasteiger charge is -2.10. The third-order valence-electron chi connectivity index (χ3n) is 1.34. The second kappa shape index (κ2) is 5.54. The van der Waals surface area contributed by atoms with Crippen molar-refractivity contribution in [3.63, 3.8) is 0 Å². The molecule has 1 unspecified atom stereocenters. The van der Waals surface area contributed by atoms with E-state index in [-0.39, 0.29) is 6.42 Å². The number of hydrogen-bond donors (Lipinski definition) is 3. The number of carbonyl (C=O) groups is 2. The number of primary amides is 1. The van der Waals surface area contributed by atoms with Crippen LogP contribution in [0.4, 0.5) is 0 Å². The summed E-state index contributed by atoms with van der Waals surface area (Å²) in [5, 5.41) is 11.3. The first-order valence-corrected chi connectivity index (χ1v) is 3.82. The van der Waals surface area contributed by atoms with E-state index < -0.39 is 17.9 Å². The van der Waals surface area contributed by atoms with Crippen molar-refractivity contribution in [3.8, 4) is 0 Å². The van der Waals surface area contributed by atoms with Gasteiger partial charge in [0.25, 0.3) is 0 Å². The van der Waals surface area contributed by atoms with Crippen molar-refractivity contribution in [1.29, 1.82) is 0 Å². The fourth-order valence-electron chi connectivity index (χ4n) is 0.767. The van der Waals surface area contributed by atoms with E-state index in [1.807, 2.05) is 6.92 Å². The molecule has 0 aromatic rings. The van der Waals surface area contributed by atoms with Crippen LogP contribution < -0.4 is 11.1 Å². The van der Waals surface area contributed by atoms with Crippen molar-refractivity contribution in [2.45, 2.75) is 25.8 Å². The highest BCUT2D eigenvalue weighted by molar-refractivity contribution is 5.83. The van der Waals surface area contributed by atoms with E-state index in [2.05, 4.69) is 5.32 Å². The molecule has 0 aromatic heterocycles. The zero-order valence-electron chi connectivity index (χ0n) is 7.04. The number of nitrogens with two attached hydrogens (primary N) is 1. The summed E-state index contributed by atoms with van der Waals surface area (Å²) in [5.74, 6) is -1.65. The van der Waals surface area contributed by atoms with Crippen molar-refractivity contribution in [2.24, 2.45) is 5.73 Å². The van der Waals surface area contributed by atoms with E-state index in [0.717, 1.165) is 6.42 Å². The standard InChI is InChI=1S/C7H14N2O3/c1-2-3-9-5(7(11)12)4-6(8)10/h5,9H,2-4H2,1H3,(H2,8,10)(H,11,12). The van der Waals surface area contributed by atoms with Gasteiger partial charge in [-0.2, -0.15) is 0 Å². The van der Waals surface area contributed by atoms with E-state index in [9.17, 15) is 9.59 Å². The summed E-state index contributed by atoms with van der Waals surface area (Å²) < 4.78 is 0. The summed E-state index contributed by atoms with van der Waals surface area (Å²) in [6.45, 7) is 2.49. The molecule has 0 saturated heterocycles. The molecule has 1 amide bonds. The van der Waals surface area contributed by atoms with Crippen LogP contribution in [-0.2, 0) is 9.59 Å². The molecule has 0 radical (unpaired) electrons. The summed E-state index contributed by atoms with van der Waals surface area (Å²) in [6, 6.07) is -0.845. The highest BCUT2D eigenvalue weighted by Gasteiger charge is 2.18. The molecule has 0 aliphatic rings. The van der Waals surface area contributed by atoms with Gasteiger partial charge in [0, 0.05) is 0 Å². The molecule has 12 heavy (non-hydrogen) atoms. The second-order valence-electron chi connectivity index (χ2n) is 2.52. The minimum absolute atomic E-state index is 0.157. The molecular weight excluding hydrogens is 160 g/mol. The van der Waals surface area contributed by atoms with Crippen LogP contribution in [0.15, 0.2) is 0 Å². The van der Waals surface area contributed by atoms with Gasteiger partial charge in [0.2, 0.25) is 5.91 Å². The summed E-state index contributed by atoms with van der Waals surface area (Å²) in [5.41, 5.74) is 4.86. The first kappa shape index (κ1) is 10.9. The third kappa shape index (κ3) is 4.68. The SMILES string of the molecule is CCCNC(CC(N)=O)C(=O)O. The Morgan fingerprint density at radius 1 is 1.58 bits per heavy atom. The van der Waals surface area contributed by atoms with Gasteiger partial charge in [0.15, 0.2) is 0 Å². The molecule has 0 bridgehead atoms. The average molecular weight is 174 g/mol. The van der Waals surface area contributed by atoms with Gasteiger partial charge in [-0.05, 0) is 13.0 Å². The Balaban J connectivity index is 3.87. The molecule has 4 N–H and O–H groups in total. The molecule has 0 rings (SSSR count). The zero-order chi connectivity index (χ0) is 9.56. The lowest BCUT2D eigenvalue weighted by Crippen LogP contribution is -2.40. The molecule has 0 saturated carbocycles. The lowest BCUT2D eigenvalue weighted by molar-refractivity contribution is -0.141. The summed E-state index contributed by atoms with van der Waals surface area (Å²) in [4.78, 5) is 20.9. The number of rotatable bonds is 6. The number of carbonyl (C=O) groups excluding carboxylic acids is 1. The fourth-order valence-corrected chi connectivity index (χ4v) is 0.767. The minimum Gasteiger partial charge on any atom is -0.480 e. The minimum atomic E-state index is -1.04. The topological polar surface area (TPSA) is 92.4 Å². The maximum absolute atomic E-state index is 10.5. The predicted octanol–water partition coefficient (Wildman–Crippen LogP) is -0.685. The largest absolute Gasteiger partial charge is 0.480 e. The molecule has 0 heterocycles. The van der Waals surface area contributed by atoms with Gasteiger partial charge in [0.1, 0.15) is 6.04 Å². The van der Waals surface area contributed by atoms with Gasteiger partial charge < -0.3 is 16.2 Å². The molecule has 0 spiro atoms. The van der Waals surface area contributed by atoms with Gasteiger partial charge in [-0.3, -0.25) is 9.59 Å². The summed E-state index contributed by atoms with van der Waals surface area (Å²) in [7, 11) is 0. The number of carboxylic acids is 1. The highest BCUT2D eigenvalue weighted by atomic mass is 16.4. The van der Waals surface area contributed by atoms with Gasteiger partial charge in [-0.1, -0.05) is 6.92 Å². The summed E-state index contributed by atoms with van der Waals surface area (Å²) in [6.07, 6.45) is 0.665. The number of hydrogen-bond acceptors (Lipinski definition) is 3. The van der Waals surface area contributed by atoms with E-state index in [0.29, 0.717) is 6.54 Å². The van der Waals surface area contributed by atoms with Crippen LogP contribution in [0.3, 0.4) is 0 Å². The van der Waals surface area contributed by atoms with Crippen molar-refractivity contribution < 1.29 is 14.7 Å². The maximum Gasteiger partial charge on any atom is 0.321 e. The van der Waals surface area contributed by atoms with Gasteiger partial charge in [-0.15, -0.1) is 0 Å². The smallest absolute Gasteiger partial charge is 0.321 e. The second-order valence-corrected chi connectivity index (χ2v) is 2.52. The molecule has 1 atom stereocenters. The first-order valence-electron chi connectivity index (χ1n) is 3.82. The highest BCUT2D eigenvalue weighted by Crippen LogP contribution is 1.91. The Morgan fingerprint density at radius 2 is 2.17 bits per heavy atom. The molecule has 70 valence electrons. The van der Waals surface area contributed by atoms with Crippen molar-refractivity contribution >= 4 is 11.9 Å². The molecule has 0 aliphatic carbocycles. The number of amides is 1. The fraction of sp³-hybridized carbons (Fsp3) is 0.714. The van der Waals surface area contributed by atoms with Crippen LogP contribution in [0.5, 0.6) is 0 Å². The van der Waals surface area contributed by atoms with Crippen LogP contribution in [0.25, 0.3) is 0 Å². The predicted molar refractivity (Wildman–Crippen MR) is 43.5 cm³/mol. The van der Waals surface area contributed by atoms with E-state index in [4.69, 9.17) is 10.8 Å². The quantitative estimate of drug-likeness (QED) is 0.497. The van der Waals surface area contributed by atoms with Crippen LogP contribution in [0.2, 0.25) is 0 Å². The monoisotopic (exact) mass is 174 g/mol. The maximum atomic E-state index is 10.5. The first-order chi connectivity index (χ1) is 5.57. The Hall–Kier alpha value is -1.10. The summed E-state index contributed by atoms with van der Waals surface area (Å²) >= 11 is 0. The molecule has 0 aliphatic heterocycles. The van der Waals surface area contributed by atoms with Crippen LogP contribution in [0.1, 0.15) is 19.8 Å². The van der Waals surface area contributed by atoms with E-state index in [1.54, 1.807) is 0 Å². The molecular formula is C7H14N2O3. The van der Waals surface area contributed by atoms with E-state index >= 15 is 0 Å². The Kier molecular flexibility index (Phi) is 5.03. The normalized spacial score (nSPS) is 12.4. The Labute approximate surface area is 70.9 Å². The average Bonchev–Trinajstić information content (AvgIpc) is 1.96. The van der Waals surface area contributed by atoms with Crippen molar-refractivity contribution in [1.82, 2.24) is 5.32 Å². The number of aliphatic carboxylic acids is 1. The zero-order valence-corrected chi connectivity index (χ0v) is 7.04. The van der Waals surface area contributed by atoms with Crippen LogP contribution >= 0.6 is 0 Å². The molecule has 0 fully saturated rings. The van der Waals surface area contributed by atoms with Crippen LogP contribution in [0, 0.1) is 0 Å². The van der Waals surface area contributed by atoms with Crippen LogP contribution in [-0.4, -0.2) is 29.6 Å². The molecule has 5 heteroatoms. The Morgan fingerprint density at radius 3 is 2.50 bits per heavy atom. The van der Waals surface area contributed by atoms with Gasteiger partial charge >= 0.3 is 5.97 Å². The van der Waals surface area contributed by atoms with Crippen molar-refractivity contribution in [2.75, 3.05) is 6.54 Å².